The molecule has 2 aromatic carbocycles. The summed E-state index contributed by atoms with van der Waals surface area (Å²) in [6.45, 7) is 8.08. The predicted octanol–water partition coefficient (Wildman–Crippen LogP) is 5.13. The number of hydrogen-bond acceptors (Lipinski definition) is 4. The minimum atomic E-state index is 0.182. The number of aryl methyl sites for hydroxylation is 1. The molecule has 0 unspecified atom stereocenters. The van der Waals surface area contributed by atoms with E-state index >= 15 is 0 Å². The zero-order valence-electron chi connectivity index (χ0n) is 17.3. The Bertz CT molecular complexity index is 809. The third-order valence-electron chi connectivity index (χ3n) is 5.33. The lowest BCUT2D eigenvalue weighted by Crippen LogP contribution is -2.25. The van der Waals surface area contributed by atoms with Gasteiger partial charge in [0.2, 0.25) is 0 Å². The Morgan fingerprint density at radius 3 is 2.61 bits per heavy atom. The van der Waals surface area contributed by atoms with Crippen LogP contribution in [0, 0.1) is 6.92 Å². The van der Waals surface area contributed by atoms with Crippen LogP contribution in [0.3, 0.4) is 0 Å². The van der Waals surface area contributed by atoms with E-state index in [1.807, 2.05) is 37.3 Å². The third kappa shape index (κ3) is 4.93. The summed E-state index contributed by atoms with van der Waals surface area (Å²) in [6.07, 6.45) is 4.01. The molecule has 0 amide bonds. The Hall–Kier alpha value is -2.33. The van der Waals surface area contributed by atoms with Gasteiger partial charge in [-0.2, -0.15) is 0 Å². The number of Topliss-reactive ketones (excluding diaryl/α,β-unsaturated/α-hetero) is 1. The molecule has 0 spiro atoms. The van der Waals surface area contributed by atoms with Gasteiger partial charge in [-0.25, -0.2) is 0 Å². The van der Waals surface area contributed by atoms with Gasteiger partial charge in [0.15, 0.2) is 5.78 Å². The molecular formula is C24H31NO3. The van der Waals surface area contributed by atoms with Crippen LogP contribution >= 0.6 is 0 Å². The number of carbonyl (C=O) groups excluding carboxylic acids is 1. The predicted molar refractivity (Wildman–Crippen MR) is 114 cm³/mol. The molecule has 1 saturated heterocycles. The molecule has 1 aliphatic heterocycles. The van der Waals surface area contributed by atoms with Crippen molar-refractivity contribution >= 4 is 5.78 Å². The van der Waals surface area contributed by atoms with Crippen molar-refractivity contribution in [3.05, 3.63) is 47.5 Å². The number of carbonyl (C=O) groups is 1. The summed E-state index contributed by atoms with van der Waals surface area (Å²) in [6, 6.07) is 11.9. The molecule has 4 nitrogen and oxygen atoms in total. The molecule has 0 N–H and O–H groups in total. The van der Waals surface area contributed by atoms with E-state index in [4.69, 9.17) is 9.47 Å². The van der Waals surface area contributed by atoms with E-state index < -0.39 is 0 Å². The molecule has 0 aliphatic carbocycles. The molecule has 0 atom stereocenters. The number of nitrogens with zero attached hydrogens (tertiary/aromatic N) is 1. The molecule has 0 saturated carbocycles. The van der Waals surface area contributed by atoms with E-state index in [1.54, 1.807) is 7.11 Å². The van der Waals surface area contributed by atoms with Crippen LogP contribution in [0.5, 0.6) is 11.5 Å². The average Bonchev–Trinajstić information content (AvgIpc) is 3.22. The Labute approximate surface area is 168 Å². The van der Waals surface area contributed by atoms with Gasteiger partial charge < -0.3 is 9.47 Å². The molecule has 0 radical (unpaired) electrons. The summed E-state index contributed by atoms with van der Waals surface area (Å²) < 4.78 is 11.7. The molecule has 1 aliphatic rings. The maximum atomic E-state index is 12.3. The zero-order chi connectivity index (χ0) is 19.9. The van der Waals surface area contributed by atoms with Crippen molar-refractivity contribution in [2.75, 3.05) is 33.4 Å². The first-order valence-electron chi connectivity index (χ1n) is 10.3. The molecule has 28 heavy (non-hydrogen) atoms. The van der Waals surface area contributed by atoms with Gasteiger partial charge in [0.1, 0.15) is 18.1 Å². The third-order valence-corrected chi connectivity index (χ3v) is 5.33. The highest BCUT2D eigenvalue weighted by molar-refractivity contribution is 5.97. The van der Waals surface area contributed by atoms with E-state index in [9.17, 15) is 4.79 Å². The van der Waals surface area contributed by atoms with Crippen LogP contribution in [0.4, 0.5) is 0 Å². The fraction of sp³-hybridized carbons (Fsp3) is 0.458. The van der Waals surface area contributed by atoms with E-state index in [2.05, 4.69) is 17.9 Å². The topological polar surface area (TPSA) is 38.8 Å². The molecular weight excluding hydrogens is 350 g/mol. The average molecular weight is 382 g/mol. The van der Waals surface area contributed by atoms with Crippen LogP contribution in [0.2, 0.25) is 0 Å². The number of ether oxygens (including phenoxy) is 2. The summed E-state index contributed by atoms with van der Waals surface area (Å²) in [7, 11) is 1.67. The minimum Gasteiger partial charge on any atom is -0.496 e. The monoisotopic (exact) mass is 381 g/mol. The fourth-order valence-electron chi connectivity index (χ4n) is 3.74. The van der Waals surface area contributed by atoms with Crippen molar-refractivity contribution in [3.63, 3.8) is 0 Å². The lowest BCUT2D eigenvalue weighted by molar-refractivity contribution is 0.0982. The summed E-state index contributed by atoms with van der Waals surface area (Å²) in [5, 5.41) is 0. The van der Waals surface area contributed by atoms with Gasteiger partial charge in [0.25, 0.3) is 0 Å². The van der Waals surface area contributed by atoms with E-state index in [0.717, 1.165) is 46.7 Å². The smallest absolute Gasteiger partial charge is 0.162 e. The maximum Gasteiger partial charge on any atom is 0.162 e. The second-order valence-electron chi connectivity index (χ2n) is 7.47. The van der Waals surface area contributed by atoms with E-state index in [-0.39, 0.29) is 5.78 Å². The first-order chi connectivity index (χ1) is 13.6. The first kappa shape index (κ1) is 20.4. The summed E-state index contributed by atoms with van der Waals surface area (Å²) in [5.41, 5.74) is 3.80. The lowest BCUT2D eigenvalue weighted by atomic mass is 9.97. The zero-order valence-corrected chi connectivity index (χ0v) is 17.3. The molecule has 0 bridgehead atoms. The largest absolute Gasteiger partial charge is 0.496 e. The Morgan fingerprint density at radius 1 is 1.11 bits per heavy atom. The number of rotatable bonds is 9. The lowest BCUT2D eigenvalue weighted by Gasteiger charge is -2.18. The van der Waals surface area contributed by atoms with Gasteiger partial charge >= 0.3 is 0 Å². The first-order valence-corrected chi connectivity index (χ1v) is 10.3. The molecule has 3 rings (SSSR count). The van der Waals surface area contributed by atoms with E-state index in [1.165, 1.54) is 25.9 Å². The second-order valence-corrected chi connectivity index (χ2v) is 7.47. The van der Waals surface area contributed by atoms with Gasteiger partial charge in [-0.15, -0.1) is 0 Å². The van der Waals surface area contributed by atoms with Crippen LogP contribution in [-0.4, -0.2) is 44.0 Å². The quantitative estimate of drug-likeness (QED) is 0.565. The molecule has 1 heterocycles. The van der Waals surface area contributed by atoms with Crippen LogP contribution < -0.4 is 9.47 Å². The van der Waals surface area contributed by atoms with Crippen LogP contribution in [0.15, 0.2) is 36.4 Å². The highest BCUT2D eigenvalue weighted by Crippen LogP contribution is 2.36. The van der Waals surface area contributed by atoms with Crippen molar-refractivity contribution in [2.24, 2.45) is 0 Å². The SMILES string of the molecule is CCCC(=O)c1cccc(-c2cc(C)c(OCCN3CCCC3)cc2OC)c1. The summed E-state index contributed by atoms with van der Waals surface area (Å²) in [4.78, 5) is 14.7. The number of hydrogen-bond donors (Lipinski definition) is 0. The Balaban J connectivity index is 1.79. The normalized spacial score (nSPS) is 14.2. The highest BCUT2D eigenvalue weighted by Gasteiger charge is 2.15. The number of likely N-dealkylation sites (tertiary alicyclic amines) is 1. The van der Waals surface area contributed by atoms with Crippen LogP contribution in [0.25, 0.3) is 11.1 Å². The Kier molecular flexibility index (Phi) is 7.10. The van der Waals surface area contributed by atoms with Crippen molar-refractivity contribution in [1.29, 1.82) is 0 Å². The number of ketones is 1. The maximum absolute atomic E-state index is 12.3. The minimum absolute atomic E-state index is 0.182. The van der Waals surface area contributed by atoms with Crippen molar-refractivity contribution < 1.29 is 14.3 Å². The number of methoxy groups -OCH3 is 1. The van der Waals surface area contributed by atoms with E-state index in [0.29, 0.717) is 13.0 Å². The molecule has 4 heteroatoms. The fourth-order valence-corrected chi connectivity index (χ4v) is 3.74. The molecule has 0 aromatic heterocycles. The van der Waals surface area contributed by atoms with Gasteiger partial charge in [-0.1, -0.05) is 25.1 Å². The van der Waals surface area contributed by atoms with Crippen molar-refractivity contribution in [2.45, 2.75) is 39.5 Å². The summed E-state index contributed by atoms with van der Waals surface area (Å²) in [5.74, 6) is 1.81. The molecule has 150 valence electrons. The van der Waals surface area contributed by atoms with Gasteiger partial charge in [-0.05, 0) is 62.5 Å². The van der Waals surface area contributed by atoms with Gasteiger partial charge in [-0.3, -0.25) is 9.69 Å². The molecule has 1 fully saturated rings. The highest BCUT2D eigenvalue weighted by atomic mass is 16.5. The Morgan fingerprint density at radius 2 is 1.89 bits per heavy atom. The number of benzene rings is 2. The van der Waals surface area contributed by atoms with Gasteiger partial charge in [0.05, 0.1) is 7.11 Å². The summed E-state index contributed by atoms with van der Waals surface area (Å²) >= 11 is 0. The molecule has 2 aromatic rings. The standard InChI is InChI=1S/C24H31NO3/c1-4-8-22(26)20-10-7-9-19(16-20)21-15-18(2)23(17-24(21)27-3)28-14-13-25-11-5-6-12-25/h7,9-10,15-17H,4-6,8,11-14H2,1-3H3. The van der Waals surface area contributed by atoms with Crippen LogP contribution in [-0.2, 0) is 0 Å². The second kappa shape index (κ2) is 9.74. The van der Waals surface area contributed by atoms with Crippen LogP contribution in [0.1, 0.15) is 48.5 Å². The van der Waals surface area contributed by atoms with Crippen molar-refractivity contribution in [1.82, 2.24) is 4.90 Å². The van der Waals surface area contributed by atoms with Crippen molar-refractivity contribution in [3.8, 4) is 22.6 Å². The van der Waals surface area contributed by atoms with Gasteiger partial charge in [0, 0.05) is 30.2 Å².